The molecule has 1 rings (SSSR count). The lowest BCUT2D eigenvalue weighted by molar-refractivity contribution is -0.143. The number of amides is 2. The van der Waals surface area contributed by atoms with Gasteiger partial charge >= 0.3 is 0 Å². The molecule has 1 saturated heterocycles. The summed E-state index contributed by atoms with van der Waals surface area (Å²) in [7, 11) is 0. The molecule has 0 aliphatic carbocycles. The van der Waals surface area contributed by atoms with Gasteiger partial charge in [0.2, 0.25) is 11.8 Å². The van der Waals surface area contributed by atoms with E-state index in [1.165, 1.54) is 4.90 Å². The van der Waals surface area contributed by atoms with Crippen LogP contribution in [0, 0.1) is 5.92 Å². The highest BCUT2D eigenvalue weighted by molar-refractivity contribution is 5.95. The van der Waals surface area contributed by atoms with E-state index in [0.29, 0.717) is 19.4 Å². The van der Waals surface area contributed by atoms with E-state index in [-0.39, 0.29) is 24.3 Å². The van der Waals surface area contributed by atoms with Crippen molar-refractivity contribution in [3.05, 3.63) is 0 Å². The Hall–Kier alpha value is -0.900. The van der Waals surface area contributed by atoms with Crippen molar-refractivity contribution in [2.24, 2.45) is 5.92 Å². The van der Waals surface area contributed by atoms with Crippen LogP contribution in [-0.4, -0.2) is 35.0 Å². The standard InChI is InChI=1S/C12H21NO3/c1-10(9-14)5-4-8-13-11(15)6-2-3-7-12(13)16/h10,14H,2-9H2,1H3. The summed E-state index contributed by atoms with van der Waals surface area (Å²) in [5, 5.41) is 8.87. The number of aliphatic hydroxyl groups excluding tert-OH is 1. The molecule has 1 N–H and O–H groups in total. The van der Waals surface area contributed by atoms with E-state index in [2.05, 4.69) is 0 Å². The fourth-order valence-corrected chi connectivity index (χ4v) is 1.90. The molecular formula is C12H21NO3. The Bertz CT molecular complexity index is 235. The van der Waals surface area contributed by atoms with Crippen LogP contribution in [0.1, 0.15) is 45.4 Å². The average molecular weight is 227 g/mol. The monoisotopic (exact) mass is 227 g/mol. The first-order valence-corrected chi connectivity index (χ1v) is 6.09. The second-order valence-electron chi connectivity index (χ2n) is 4.58. The number of aliphatic hydroxyl groups is 1. The summed E-state index contributed by atoms with van der Waals surface area (Å²) in [4.78, 5) is 24.7. The molecule has 1 unspecified atom stereocenters. The Kier molecular flexibility index (Phi) is 5.46. The smallest absolute Gasteiger partial charge is 0.229 e. The molecule has 0 aromatic heterocycles. The van der Waals surface area contributed by atoms with Gasteiger partial charge in [-0.3, -0.25) is 14.5 Å². The van der Waals surface area contributed by atoms with Crippen LogP contribution in [0.25, 0.3) is 0 Å². The fourth-order valence-electron chi connectivity index (χ4n) is 1.90. The van der Waals surface area contributed by atoms with Crippen molar-refractivity contribution in [3.8, 4) is 0 Å². The summed E-state index contributed by atoms with van der Waals surface area (Å²) in [6.45, 7) is 2.65. The Labute approximate surface area is 96.6 Å². The summed E-state index contributed by atoms with van der Waals surface area (Å²) >= 11 is 0. The first-order valence-electron chi connectivity index (χ1n) is 6.09. The second kappa shape index (κ2) is 6.63. The number of hydrogen-bond donors (Lipinski definition) is 1. The van der Waals surface area contributed by atoms with Gasteiger partial charge in [0.25, 0.3) is 0 Å². The lowest BCUT2D eigenvalue weighted by Crippen LogP contribution is -2.36. The lowest BCUT2D eigenvalue weighted by Gasteiger charge is -2.19. The lowest BCUT2D eigenvalue weighted by atomic mass is 10.1. The second-order valence-corrected chi connectivity index (χ2v) is 4.58. The van der Waals surface area contributed by atoms with Crippen LogP contribution in [-0.2, 0) is 9.59 Å². The Morgan fingerprint density at radius 2 is 1.81 bits per heavy atom. The first-order chi connectivity index (χ1) is 7.65. The third-order valence-corrected chi connectivity index (χ3v) is 3.02. The molecule has 2 amide bonds. The summed E-state index contributed by atoms with van der Waals surface area (Å²) < 4.78 is 0. The molecule has 0 aromatic rings. The van der Waals surface area contributed by atoms with Gasteiger partial charge in [0.05, 0.1) is 0 Å². The third kappa shape index (κ3) is 3.93. The minimum Gasteiger partial charge on any atom is -0.396 e. The Morgan fingerprint density at radius 1 is 1.25 bits per heavy atom. The van der Waals surface area contributed by atoms with Gasteiger partial charge in [-0.1, -0.05) is 6.92 Å². The van der Waals surface area contributed by atoms with Crippen LogP contribution >= 0.6 is 0 Å². The zero-order chi connectivity index (χ0) is 12.0. The maximum Gasteiger partial charge on any atom is 0.229 e. The largest absolute Gasteiger partial charge is 0.396 e. The van der Waals surface area contributed by atoms with E-state index in [1.807, 2.05) is 6.92 Å². The van der Waals surface area contributed by atoms with Crippen molar-refractivity contribution < 1.29 is 14.7 Å². The van der Waals surface area contributed by atoms with Crippen LogP contribution in [0.15, 0.2) is 0 Å². The fraction of sp³-hybridized carbons (Fsp3) is 0.833. The molecule has 16 heavy (non-hydrogen) atoms. The summed E-state index contributed by atoms with van der Waals surface area (Å²) in [6.07, 6.45) is 4.30. The van der Waals surface area contributed by atoms with Crippen molar-refractivity contribution in [1.82, 2.24) is 4.90 Å². The zero-order valence-electron chi connectivity index (χ0n) is 9.95. The summed E-state index contributed by atoms with van der Waals surface area (Å²) in [5.41, 5.74) is 0. The molecule has 0 radical (unpaired) electrons. The van der Waals surface area contributed by atoms with Gasteiger partial charge in [-0.15, -0.1) is 0 Å². The predicted octanol–water partition coefficient (Wildman–Crippen LogP) is 1.32. The number of imide groups is 1. The molecule has 0 saturated carbocycles. The van der Waals surface area contributed by atoms with Gasteiger partial charge in [0, 0.05) is 26.0 Å². The number of hydrogen-bond acceptors (Lipinski definition) is 3. The molecule has 0 aromatic carbocycles. The maximum absolute atomic E-state index is 11.6. The van der Waals surface area contributed by atoms with Gasteiger partial charge in [0.1, 0.15) is 0 Å². The predicted molar refractivity (Wildman–Crippen MR) is 60.7 cm³/mol. The van der Waals surface area contributed by atoms with E-state index in [0.717, 1.165) is 25.7 Å². The number of likely N-dealkylation sites (tertiary alicyclic amines) is 1. The molecule has 1 heterocycles. The molecule has 4 heteroatoms. The first kappa shape index (κ1) is 13.2. The number of carbonyl (C=O) groups excluding carboxylic acids is 2. The highest BCUT2D eigenvalue weighted by Crippen LogP contribution is 2.14. The maximum atomic E-state index is 11.6. The van der Waals surface area contributed by atoms with Crippen molar-refractivity contribution in [2.45, 2.75) is 45.4 Å². The van der Waals surface area contributed by atoms with Crippen molar-refractivity contribution >= 4 is 11.8 Å². The van der Waals surface area contributed by atoms with Crippen LogP contribution in [0.5, 0.6) is 0 Å². The minimum absolute atomic E-state index is 0.0286. The molecule has 1 aliphatic heterocycles. The van der Waals surface area contributed by atoms with E-state index < -0.39 is 0 Å². The van der Waals surface area contributed by atoms with E-state index in [1.54, 1.807) is 0 Å². The molecular weight excluding hydrogens is 206 g/mol. The molecule has 1 aliphatic rings. The molecule has 0 bridgehead atoms. The normalized spacial score (nSPS) is 19.8. The van der Waals surface area contributed by atoms with Gasteiger partial charge in [-0.2, -0.15) is 0 Å². The average Bonchev–Trinajstić information content (AvgIpc) is 2.43. The van der Waals surface area contributed by atoms with Crippen LogP contribution < -0.4 is 0 Å². The molecule has 1 atom stereocenters. The number of rotatable bonds is 5. The van der Waals surface area contributed by atoms with Crippen molar-refractivity contribution in [3.63, 3.8) is 0 Å². The van der Waals surface area contributed by atoms with Gasteiger partial charge < -0.3 is 5.11 Å². The van der Waals surface area contributed by atoms with Crippen molar-refractivity contribution in [1.29, 1.82) is 0 Å². The minimum atomic E-state index is -0.0286. The summed E-state index contributed by atoms with van der Waals surface area (Å²) in [5.74, 6) is 0.190. The number of nitrogens with zero attached hydrogens (tertiary/aromatic N) is 1. The topological polar surface area (TPSA) is 57.6 Å². The molecule has 1 fully saturated rings. The van der Waals surface area contributed by atoms with Crippen molar-refractivity contribution in [2.75, 3.05) is 13.2 Å². The molecule has 4 nitrogen and oxygen atoms in total. The van der Waals surface area contributed by atoms with E-state index in [9.17, 15) is 9.59 Å². The van der Waals surface area contributed by atoms with Gasteiger partial charge in [-0.05, 0) is 31.6 Å². The quantitative estimate of drug-likeness (QED) is 0.721. The van der Waals surface area contributed by atoms with E-state index in [4.69, 9.17) is 5.11 Å². The third-order valence-electron chi connectivity index (χ3n) is 3.02. The SMILES string of the molecule is CC(CO)CCCN1C(=O)CCCCC1=O. The van der Waals surface area contributed by atoms with E-state index >= 15 is 0 Å². The van der Waals surface area contributed by atoms with Crippen LogP contribution in [0.3, 0.4) is 0 Å². The highest BCUT2D eigenvalue weighted by Gasteiger charge is 2.23. The number of carbonyl (C=O) groups is 2. The van der Waals surface area contributed by atoms with Crippen LogP contribution in [0.2, 0.25) is 0 Å². The van der Waals surface area contributed by atoms with Gasteiger partial charge in [0.15, 0.2) is 0 Å². The molecule has 92 valence electrons. The Balaban J connectivity index is 2.37. The Morgan fingerprint density at radius 3 is 2.31 bits per heavy atom. The van der Waals surface area contributed by atoms with Gasteiger partial charge in [-0.25, -0.2) is 0 Å². The van der Waals surface area contributed by atoms with Crippen LogP contribution in [0.4, 0.5) is 0 Å². The summed E-state index contributed by atoms with van der Waals surface area (Å²) in [6, 6.07) is 0. The highest BCUT2D eigenvalue weighted by atomic mass is 16.3. The molecule has 0 spiro atoms. The zero-order valence-corrected chi connectivity index (χ0v) is 9.95.